The van der Waals surface area contributed by atoms with Crippen molar-refractivity contribution in [1.82, 2.24) is 0 Å². The Bertz CT molecular complexity index is 582. The lowest BCUT2D eigenvalue weighted by Crippen LogP contribution is -2.14. The van der Waals surface area contributed by atoms with Crippen molar-refractivity contribution in [2.45, 2.75) is 6.42 Å². The molecule has 2 aromatic rings. The second-order valence-electron chi connectivity index (χ2n) is 4.21. The predicted octanol–water partition coefficient (Wildman–Crippen LogP) is 2.69. The van der Waals surface area contributed by atoms with Gasteiger partial charge in [-0.15, -0.1) is 0 Å². The van der Waals surface area contributed by atoms with Gasteiger partial charge in [0.05, 0.1) is 20.6 Å². The molecule has 0 spiro atoms. The zero-order chi connectivity index (χ0) is 14.4. The van der Waals surface area contributed by atoms with Crippen molar-refractivity contribution in [1.29, 1.82) is 0 Å². The summed E-state index contributed by atoms with van der Waals surface area (Å²) in [5, 5.41) is 2.83. The molecule has 1 amide bonds. The summed E-state index contributed by atoms with van der Waals surface area (Å²) in [6, 6.07) is 15.6. The van der Waals surface area contributed by atoms with Crippen LogP contribution in [-0.4, -0.2) is 20.1 Å². The summed E-state index contributed by atoms with van der Waals surface area (Å²) in [7, 11) is 3.13. The van der Waals surface area contributed by atoms with Crippen molar-refractivity contribution >= 4 is 11.6 Å². The van der Waals surface area contributed by atoms with Gasteiger partial charge in [0.2, 0.25) is 5.91 Å². The molecule has 0 unspecified atom stereocenters. The Morgan fingerprint density at radius 1 is 1.20 bits per heavy atom. The first-order valence-corrected chi connectivity index (χ1v) is 6.20. The highest BCUT2D eigenvalue weighted by molar-refractivity contribution is 5.92. The number of hydrogen-bond donors (Lipinski definition) is 1. The average Bonchev–Trinajstić information content (AvgIpc) is 2.48. The molecular weight excluding hydrogens is 254 g/mol. The Labute approximate surface area is 118 Å². The number of nitrogens with one attached hydrogen (secondary N) is 1. The Hall–Kier alpha value is -2.49. The molecule has 0 bridgehead atoms. The van der Waals surface area contributed by atoms with E-state index in [1.807, 2.05) is 12.1 Å². The second kappa shape index (κ2) is 6.61. The number of anilines is 1. The topological polar surface area (TPSA) is 47.6 Å². The van der Waals surface area contributed by atoms with E-state index in [0.29, 0.717) is 23.6 Å². The molecule has 2 aromatic carbocycles. The Kier molecular flexibility index (Phi) is 4.60. The van der Waals surface area contributed by atoms with Crippen molar-refractivity contribution in [3.8, 4) is 11.5 Å². The quantitative estimate of drug-likeness (QED) is 0.908. The van der Waals surface area contributed by atoms with Crippen LogP contribution in [0.2, 0.25) is 0 Å². The van der Waals surface area contributed by atoms with Crippen LogP contribution in [0.1, 0.15) is 5.56 Å². The van der Waals surface area contributed by atoms with Gasteiger partial charge in [-0.3, -0.25) is 4.79 Å². The lowest BCUT2D eigenvalue weighted by Gasteiger charge is -2.10. The van der Waals surface area contributed by atoms with E-state index in [4.69, 9.17) is 9.47 Å². The van der Waals surface area contributed by atoms with Crippen molar-refractivity contribution in [2.24, 2.45) is 0 Å². The van der Waals surface area contributed by atoms with Gasteiger partial charge < -0.3 is 14.8 Å². The monoisotopic (exact) mass is 270 g/mol. The highest BCUT2D eigenvalue weighted by Gasteiger charge is 2.07. The van der Waals surface area contributed by atoms with E-state index in [1.165, 1.54) is 0 Å². The minimum atomic E-state index is -0.0863. The van der Waals surface area contributed by atoms with E-state index in [-0.39, 0.29) is 5.91 Å². The van der Waals surface area contributed by atoms with Crippen LogP contribution >= 0.6 is 0 Å². The van der Waals surface area contributed by atoms with Gasteiger partial charge in [0, 0.05) is 11.8 Å². The Morgan fingerprint density at radius 2 is 2.00 bits per heavy atom. The third-order valence-corrected chi connectivity index (χ3v) is 2.80. The molecule has 0 heterocycles. The van der Waals surface area contributed by atoms with Crippen molar-refractivity contribution in [3.05, 3.63) is 54.1 Å². The maximum Gasteiger partial charge on any atom is 0.228 e. The number of carbonyl (C=O) groups excluding carboxylic acids is 1. The molecule has 2 rings (SSSR count). The van der Waals surface area contributed by atoms with Crippen LogP contribution in [0.4, 0.5) is 5.69 Å². The Morgan fingerprint density at radius 3 is 2.65 bits per heavy atom. The molecule has 103 valence electrons. The summed E-state index contributed by atoms with van der Waals surface area (Å²) in [5.41, 5.74) is 1.60. The van der Waals surface area contributed by atoms with Crippen LogP contribution in [0, 0.1) is 6.07 Å². The third kappa shape index (κ3) is 3.51. The van der Waals surface area contributed by atoms with E-state index in [9.17, 15) is 4.79 Å². The van der Waals surface area contributed by atoms with Gasteiger partial charge >= 0.3 is 0 Å². The molecule has 0 saturated carbocycles. The molecule has 0 aliphatic carbocycles. The minimum Gasteiger partial charge on any atom is -0.493 e. The van der Waals surface area contributed by atoms with Crippen molar-refractivity contribution in [3.63, 3.8) is 0 Å². The highest BCUT2D eigenvalue weighted by Crippen LogP contribution is 2.29. The molecule has 0 aromatic heterocycles. The van der Waals surface area contributed by atoms with Gasteiger partial charge in [-0.1, -0.05) is 24.3 Å². The molecule has 0 atom stereocenters. The number of amides is 1. The number of carbonyl (C=O) groups is 1. The summed E-state index contributed by atoms with van der Waals surface area (Å²) in [6.07, 6.45) is 0.311. The molecule has 1 N–H and O–H groups in total. The SMILES string of the molecule is COc1ccc(NC(=O)Cc2c[c]ccc2)cc1OC. The predicted molar refractivity (Wildman–Crippen MR) is 77.2 cm³/mol. The van der Waals surface area contributed by atoms with E-state index < -0.39 is 0 Å². The molecule has 0 aliphatic heterocycles. The van der Waals surface area contributed by atoms with Gasteiger partial charge in [0.1, 0.15) is 0 Å². The molecule has 20 heavy (non-hydrogen) atoms. The number of rotatable bonds is 5. The van der Waals surface area contributed by atoms with Crippen LogP contribution < -0.4 is 14.8 Å². The minimum absolute atomic E-state index is 0.0863. The van der Waals surface area contributed by atoms with E-state index >= 15 is 0 Å². The fourth-order valence-electron chi connectivity index (χ4n) is 1.85. The van der Waals surface area contributed by atoms with Gasteiger partial charge in [-0.25, -0.2) is 0 Å². The van der Waals surface area contributed by atoms with E-state index in [0.717, 1.165) is 5.56 Å². The largest absolute Gasteiger partial charge is 0.493 e. The second-order valence-corrected chi connectivity index (χ2v) is 4.21. The maximum atomic E-state index is 11.9. The fourth-order valence-corrected chi connectivity index (χ4v) is 1.85. The number of hydrogen-bond acceptors (Lipinski definition) is 3. The molecule has 1 radical (unpaired) electrons. The van der Waals surface area contributed by atoms with E-state index in [2.05, 4.69) is 11.4 Å². The van der Waals surface area contributed by atoms with Crippen LogP contribution in [-0.2, 0) is 11.2 Å². The van der Waals surface area contributed by atoms with Gasteiger partial charge in [0.15, 0.2) is 11.5 Å². The molecular formula is C16H16NO3. The highest BCUT2D eigenvalue weighted by atomic mass is 16.5. The lowest BCUT2D eigenvalue weighted by atomic mass is 10.1. The summed E-state index contributed by atoms with van der Waals surface area (Å²) in [6.45, 7) is 0. The molecule has 0 fully saturated rings. The normalized spacial score (nSPS) is 9.90. The lowest BCUT2D eigenvalue weighted by molar-refractivity contribution is -0.115. The zero-order valence-corrected chi connectivity index (χ0v) is 11.5. The first kappa shape index (κ1) is 13.9. The van der Waals surface area contributed by atoms with Gasteiger partial charge in [-0.2, -0.15) is 0 Å². The molecule has 4 nitrogen and oxygen atoms in total. The standard InChI is InChI=1S/C16H16NO3/c1-19-14-9-8-13(11-15(14)20-2)17-16(18)10-12-6-4-3-5-7-12/h3-4,6-9,11H,10H2,1-2H3,(H,17,18). The summed E-state index contributed by atoms with van der Waals surface area (Å²) in [4.78, 5) is 11.9. The zero-order valence-electron chi connectivity index (χ0n) is 11.5. The van der Waals surface area contributed by atoms with Crippen LogP contribution in [0.15, 0.2) is 42.5 Å². The number of ether oxygens (including phenoxy) is 2. The molecule has 4 heteroatoms. The Balaban J connectivity index is 2.04. The third-order valence-electron chi connectivity index (χ3n) is 2.80. The number of methoxy groups -OCH3 is 2. The average molecular weight is 270 g/mol. The van der Waals surface area contributed by atoms with Gasteiger partial charge in [0.25, 0.3) is 0 Å². The summed E-state index contributed by atoms with van der Waals surface area (Å²) < 4.78 is 10.3. The molecule has 0 saturated heterocycles. The van der Waals surface area contributed by atoms with Gasteiger partial charge in [-0.05, 0) is 23.8 Å². The van der Waals surface area contributed by atoms with Crippen LogP contribution in [0.3, 0.4) is 0 Å². The number of benzene rings is 2. The first-order chi connectivity index (χ1) is 9.72. The maximum absolute atomic E-state index is 11.9. The summed E-state index contributed by atoms with van der Waals surface area (Å²) in [5.74, 6) is 1.12. The van der Waals surface area contributed by atoms with Crippen molar-refractivity contribution < 1.29 is 14.3 Å². The van der Waals surface area contributed by atoms with Crippen LogP contribution in [0.5, 0.6) is 11.5 Å². The van der Waals surface area contributed by atoms with E-state index in [1.54, 1.807) is 44.6 Å². The first-order valence-electron chi connectivity index (χ1n) is 6.20. The fraction of sp³-hybridized carbons (Fsp3) is 0.188. The molecule has 0 aliphatic rings. The summed E-state index contributed by atoms with van der Waals surface area (Å²) >= 11 is 0. The smallest absolute Gasteiger partial charge is 0.228 e. The van der Waals surface area contributed by atoms with Crippen LogP contribution in [0.25, 0.3) is 0 Å². The van der Waals surface area contributed by atoms with Crippen molar-refractivity contribution in [2.75, 3.05) is 19.5 Å².